The zero-order valence-electron chi connectivity index (χ0n) is 22.0. The zero-order valence-corrected chi connectivity index (χ0v) is 22.0. The SMILES string of the molecule is Cc1c(NC(=O)O[C@H](C)c2ccccc2)c(-c2ccc(C(=O)Nc3ccccc3CCC(=O)O)cc2)nn1C. The lowest BCUT2D eigenvalue weighted by molar-refractivity contribution is -0.136. The first-order chi connectivity index (χ1) is 18.7. The molecule has 0 bridgehead atoms. The van der Waals surface area contributed by atoms with E-state index in [0.29, 0.717) is 34.6 Å². The zero-order chi connectivity index (χ0) is 27.9. The highest BCUT2D eigenvalue weighted by molar-refractivity contribution is 6.05. The Hall–Kier alpha value is -4.92. The normalized spacial score (nSPS) is 11.5. The minimum atomic E-state index is -0.899. The predicted octanol–water partition coefficient (Wildman–Crippen LogP) is 5.97. The lowest BCUT2D eigenvalue weighted by Gasteiger charge is -2.15. The van der Waals surface area contributed by atoms with E-state index >= 15 is 0 Å². The fourth-order valence-corrected chi connectivity index (χ4v) is 4.12. The summed E-state index contributed by atoms with van der Waals surface area (Å²) in [5, 5.41) is 19.2. The molecule has 1 aromatic heterocycles. The summed E-state index contributed by atoms with van der Waals surface area (Å²) in [7, 11) is 1.78. The second-order valence-corrected chi connectivity index (χ2v) is 9.10. The van der Waals surface area contributed by atoms with E-state index in [9.17, 15) is 14.4 Å². The third-order valence-corrected chi connectivity index (χ3v) is 6.41. The van der Waals surface area contributed by atoms with Crippen LogP contribution in [0, 0.1) is 6.92 Å². The monoisotopic (exact) mass is 526 g/mol. The number of aryl methyl sites for hydroxylation is 2. The van der Waals surface area contributed by atoms with E-state index in [1.807, 2.05) is 37.3 Å². The van der Waals surface area contributed by atoms with Crippen LogP contribution in [0.5, 0.6) is 0 Å². The molecule has 0 aliphatic heterocycles. The number of anilines is 2. The number of hydrogen-bond donors (Lipinski definition) is 3. The van der Waals surface area contributed by atoms with Crippen LogP contribution in [0.15, 0.2) is 78.9 Å². The van der Waals surface area contributed by atoms with E-state index in [0.717, 1.165) is 16.8 Å². The third-order valence-electron chi connectivity index (χ3n) is 6.41. The molecule has 2 amide bonds. The molecule has 0 saturated heterocycles. The van der Waals surface area contributed by atoms with Gasteiger partial charge in [0.1, 0.15) is 11.8 Å². The van der Waals surface area contributed by atoms with Crippen molar-refractivity contribution in [3.05, 3.63) is 101 Å². The van der Waals surface area contributed by atoms with Gasteiger partial charge in [0.15, 0.2) is 0 Å². The molecule has 4 rings (SSSR count). The van der Waals surface area contributed by atoms with Crippen LogP contribution in [0.25, 0.3) is 11.3 Å². The molecule has 0 fully saturated rings. The van der Waals surface area contributed by atoms with Crippen molar-refractivity contribution >= 4 is 29.3 Å². The first kappa shape index (κ1) is 27.1. The van der Waals surface area contributed by atoms with E-state index < -0.39 is 18.2 Å². The molecule has 3 N–H and O–H groups in total. The molecule has 1 atom stereocenters. The standard InChI is InChI=1S/C30H30N4O5/c1-19-27(32-30(38)39-20(2)21-9-5-4-6-10-21)28(33-34(19)3)23-13-15-24(16-14-23)29(37)31-25-12-8-7-11-22(25)17-18-26(35)36/h4-16,20H,17-18H2,1-3H3,(H,31,37)(H,32,38)(H,35,36)/t20-/m1/s1. The summed E-state index contributed by atoms with van der Waals surface area (Å²) in [4.78, 5) is 36.6. The molecule has 0 saturated carbocycles. The molecule has 0 radical (unpaired) electrons. The van der Waals surface area contributed by atoms with Crippen molar-refractivity contribution in [2.24, 2.45) is 7.05 Å². The Kier molecular flexibility index (Phi) is 8.40. The number of nitrogens with one attached hydrogen (secondary N) is 2. The quantitative estimate of drug-likeness (QED) is 0.247. The van der Waals surface area contributed by atoms with Crippen molar-refractivity contribution < 1.29 is 24.2 Å². The number of ether oxygens (including phenoxy) is 1. The van der Waals surface area contributed by atoms with Crippen LogP contribution in [0.1, 0.15) is 46.6 Å². The number of hydrogen-bond acceptors (Lipinski definition) is 5. The Morgan fingerprint density at radius 1 is 0.949 bits per heavy atom. The third kappa shape index (κ3) is 6.70. The van der Waals surface area contributed by atoms with Gasteiger partial charge in [-0.1, -0.05) is 60.7 Å². The number of benzene rings is 3. The molecular formula is C30H30N4O5. The molecule has 3 aromatic carbocycles. The maximum absolute atomic E-state index is 12.9. The minimum absolute atomic E-state index is 0.0276. The van der Waals surface area contributed by atoms with Crippen molar-refractivity contribution in [1.29, 1.82) is 0 Å². The number of carboxylic acids is 1. The minimum Gasteiger partial charge on any atom is -0.481 e. The van der Waals surface area contributed by atoms with Crippen molar-refractivity contribution in [2.75, 3.05) is 10.6 Å². The molecule has 9 heteroatoms. The maximum Gasteiger partial charge on any atom is 0.412 e. The molecule has 0 spiro atoms. The Morgan fingerprint density at radius 2 is 1.62 bits per heavy atom. The summed E-state index contributed by atoms with van der Waals surface area (Å²) in [5.41, 5.74) is 5.15. The molecule has 4 aromatic rings. The summed E-state index contributed by atoms with van der Waals surface area (Å²) >= 11 is 0. The number of aliphatic carboxylic acids is 1. The second-order valence-electron chi connectivity index (χ2n) is 9.10. The molecule has 1 heterocycles. The van der Waals surface area contributed by atoms with E-state index in [1.165, 1.54) is 0 Å². The Bertz CT molecular complexity index is 1480. The molecule has 9 nitrogen and oxygen atoms in total. The summed E-state index contributed by atoms with van der Waals surface area (Å²) in [6.45, 7) is 3.65. The molecule has 0 unspecified atom stereocenters. The molecule has 0 aliphatic carbocycles. The fraction of sp³-hybridized carbons (Fsp3) is 0.200. The Morgan fingerprint density at radius 3 is 2.31 bits per heavy atom. The van der Waals surface area contributed by atoms with Gasteiger partial charge in [-0.05, 0) is 49.6 Å². The number of carbonyl (C=O) groups excluding carboxylic acids is 2. The first-order valence-corrected chi connectivity index (χ1v) is 12.5. The number of aromatic nitrogens is 2. The second kappa shape index (κ2) is 12.1. The highest BCUT2D eigenvalue weighted by Gasteiger charge is 2.20. The van der Waals surface area contributed by atoms with Gasteiger partial charge in [0.05, 0.1) is 11.4 Å². The van der Waals surface area contributed by atoms with Crippen LogP contribution in [-0.4, -0.2) is 32.9 Å². The summed E-state index contributed by atoms with van der Waals surface area (Å²) in [5.74, 6) is -1.22. The van der Waals surface area contributed by atoms with Gasteiger partial charge < -0.3 is 15.2 Å². The summed E-state index contributed by atoms with van der Waals surface area (Å²) in [6, 6.07) is 23.5. The summed E-state index contributed by atoms with van der Waals surface area (Å²) < 4.78 is 7.24. The maximum atomic E-state index is 12.9. The van der Waals surface area contributed by atoms with Gasteiger partial charge >= 0.3 is 12.1 Å². The van der Waals surface area contributed by atoms with Crippen LogP contribution in [0.3, 0.4) is 0 Å². The topological polar surface area (TPSA) is 123 Å². The van der Waals surface area contributed by atoms with Gasteiger partial charge in [-0.2, -0.15) is 5.10 Å². The fourth-order valence-electron chi connectivity index (χ4n) is 4.12. The molecular weight excluding hydrogens is 496 g/mol. The number of amides is 2. The van der Waals surface area contributed by atoms with Crippen LogP contribution in [0.2, 0.25) is 0 Å². The van der Waals surface area contributed by atoms with E-state index in [1.54, 1.807) is 67.2 Å². The lowest BCUT2D eigenvalue weighted by Crippen LogP contribution is -2.17. The van der Waals surface area contributed by atoms with Crippen molar-refractivity contribution in [1.82, 2.24) is 9.78 Å². The number of carbonyl (C=O) groups is 3. The van der Waals surface area contributed by atoms with Gasteiger partial charge in [-0.25, -0.2) is 4.79 Å². The average molecular weight is 527 g/mol. The van der Waals surface area contributed by atoms with Gasteiger partial charge in [-0.3, -0.25) is 19.6 Å². The average Bonchev–Trinajstić information content (AvgIpc) is 3.21. The predicted molar refractivity (Wildman–Crippen MR) is 149 cm³/mol. The molecule has 200 valence electrons. The number of para-hydroxylation sites is 1. The van der Waals surface area contributed by atoms with Gasteiger partial charge in [0, 0.05) is 30.3 Å². The number of rotatable bonds is 9. The van der Waals surface area contributed by atoms with E-state index in [-0.39, 0.29) is 12.3 Å². The lowest BCUT2D eigenvalue weighted by atomic mass is 10.1. The van der Waals surface area contributed by atoms with Crippen molar-refractivity contribution in [3.63, 3.8) is 0 Å². The van der Waals surface area contributed by atoms with Crippen LogP contribution < -0.4 is 10.6 Å². The van der Waals surface area contributed by atoms with Crippen LogP contribution in [-0.2, 0) is 23.0 Å². The van der Waals surface area contributed by atoms with Crippen LogP contribution >= 0.6 is 0 Å². The highest BCUT2D eigenvalue weighted by atomic mass is 16.6. The number of carboxylic acid groups (broad SMARTS) is 1. The van der Waals surface area contributed by atoms with Crippen LogP contribution in [0.4, 0.5) is 16.2 Å². The van der Waals surface area contributed by atoms with E-state index in [4.69, 9.17) is 9.84 Å². The smallest absolute Gasteiger partial charge is 0.412 e. The van der Waals surface area contributed by atoms with Gasteiger partial charge in [0.25, 0.3) is 5.91 Å². The summed E-state index contributed by atoms with van der Waals surface area (Å²) in [6.07, 6.45) is -0.744. The highest BCUT2D eigenvalue weighted by Crippen LogP contribution is 2.31. The van der Waals surface area contributed by atoms with Gasteiger partial charge in [0.2, 0.25) is 0 Å². The number of nitrogens with zero attached hydrogens (tertiary/aromatic N) is 2. The molecule has 0 aliphatic rings. The Labute approximate surface area is 226 Å². The van der Waals surface area contributed by atoms with Crippen molar-refractivity contribution in [3.8, 4) is 11.3 Å². The largest absolute Gasteiger partial charge is 0.481 e. The van der Waals surface area contributed by atoms with Crippen molar-refractivity contribution in [2.45, 2.75) is 32.8 Å². The van der Waals surface area contributed by atoms with E-state index in [2.05, 4.69) is 15.7 Å². The van der Waals surface area contributed by atoms with Gasteiger partial charge in [-0.15, -0.1) is 0 Å². The Balaban J connectivity index is 1.48. The molecule has 39 heavy (non-hydrogen) atoms. The first-order valence-electron chi connectivity index (χ1n) is 12.5.